The van der Waals surface area contributed by atoms with E-state index in [0.29, 0.717) is 18.4 Å². The van der Waals surface area contributed by atoms with Crippen LogP contribution in [-0.2, 0) is 12.7 Å². The van der Waals surface area contributed by atoms with E-state index >= 15 is 0 Å². The van der Waals surface area contributed by atoms with E-state index in [9.17, 15) is 18.3 Å². The van der Waals surface area contributed by atoms with Crippen LogP contribution in [0.5, 0.6) is 5.75 Å². The van der Waals surface area contributed by atoms with E-state index in [1.165, 1.54) is 12.1 Å². The minimum absolute atomic E-state index is 0.0874. The predicted octanol–water partition coefficient (Wildman–Crippen LogP) is 2.81. The minimum atomic E-state index is -4.40. The highest BCUT2D eigenvalue weighted by atomic mass is 19.4. The molecule has 0 aliphatic carbocycles. The van der Waals surface area contributed by atoms with Crippen LogP contribution in [0.25, 0.3) is 0 Å². The number of benzene rings is 1. The van der Waals surface area contributed by atoms with Crippen molar-refractivity contribution in [3.63, 3.8) is 0 Å². The van der Waals surface area contributed by atoms with Crippen molar-refractivity contribution in [3.8, 4) is 5.75 Å². The number of halogens is 3. The molecular formula is C19H25F3N4O3. The maximum Gasteiger partial charge on any atom is 0.416 e. The largest absolute Gasteiger partial charge is 0.491 e. The third-order valence-electron chi connectivity index (χ3n) is 3.92. The van der Waals surface area contributed by atoms with Crippen LogP contribution in [0.2, 0.25) is 0 Å². The van der Waals surface area contributed by atoms with Gasteiger partial charge in [0.1, 0.15) is 30.8 Å². The number of hydrogen-bond donors (Lipinski definition) is 3. The van der Waals surface area contributed by atoms with Gasteiger partial charge in [-0.2, -0.15) is 13.2 Å². The van der Waals surface area contributed by atoms with Crippen molar-refractivity contribution >= 4 is 5.96 Å². The zero-order valence-corrected chi connectivity index (χ0v) is 16.5. The lowest BCUT2D eigenvalue weighted by Crippen LogP contribution is -2.42. The van der Waals surface area contributed by atoms with Crippen LogP contribution in [-0.4, -0.2) is 41.9 Å². The van der Waals surface area contributed by atoms with Gasteiger partial charge in [0.2, 0.25) is 5.89 Å². The summed E-state index contributed by atoms with van der Waals surface area (Å²) in [5.41, 5.74) is 0.0546. The summed E-state index contributed by atoms with van der Waals surface area (Å²) in [5, 5.41) is 16.1. The Morgan fingerprint density at radius 1 is 1.24 bits per heavy atom. The Bertz CT molecular complexity index is 785. The highest BCUT2D eigenvalue weighted by molar-refractivity contribution is 5.79. The molecule has 29 heavy (non-hydrogen) atoms. The number of aliphatic imine (C=N–C) groups is 1. The third-order valence-corrected chi connectivity index (χ3v) is 3.92. The van der Waals surface area contributed by atoms with Crippen molar-refractivity contribution < 1.29 is 27.4 Å². The van der Waals surface area contributed by atoms with Crippen molar-refractivity contribution in [2.45, 2.75) is 39.6 Å². The molecule has 1 atom stereocenters. The first-order chi connectivity index (χ1) is 13.7. The third kappa shape index (κ3) is 7.30. The molecule has 0 amide bonds. The van der Waals surface area contributed by atoms with Gasteiger partial charge in [-0.3, -0.25) is 0 Å². The van der Waals surface area contributed by atoms with Gasteiger partial charge in [-0.05, 0) is 45.0 Å². The fourth-order valence-electron chi connectivity index (χ4n) is 2.30. The van der Waals surface area contributed by atoms with Crippen LogP contribution in [0, 0.1) is 13.8 Å². The zero-order chi connectivity index (χ0) is 21.4. The Morgan fingerprint density at radius 2 is 1.93 bits per heavy atom. The van der Waals surface area contributed by atoms with Gasteiger partial charge in [-0.1, -0.05) is 0 Å². The number of aliphatic hydroxyl groups excluding tert-OH is 1. The van der Waals surface area contributed by atoms with E-state index in [1.54, 1.807) is 0 Å². The molecule has 3 N–H and O–H groups in total. The lowest BCUT2D eigenvalue weighted by Gasteiger charge is -2.16. The van der Waals surface area contributed by atoms with Crippen molar-refractivity contribution in [1.82, 2.24) is 15.6 Å². The SMILES string of the molecule is CCNC(=NCc1nc(C)c(C)o1)NCC(O)COc1ccc(C(F)(F)F)cc1. The van der Waals surface area contributed by atoms with E-state index in [1.807, 2.05) is 20.8 Å². The Morgan fingerprint density at radius 3 is 2.48 bits per heavy atom. The molecule has 2 aromatic rings. The first kappa shape index (κ1) is 22.5. The Labute approximate surface area is 167 Å². The van der Waals surface area contributed by atoms with Gasteiger partial charge >= 0.3 is 6.18 Å². The van der Waals surface area contributed by atoms with Gasteiger partial charge in [-0.25, -0.2) is 9.98 Å². The second-order valence-electron chi connectivity index (χ2n) is 6.31. The summed E-state index contributed by atoms with van der Waals surface area (Å²) in [6.45, 7) is 6.48. The molecule has 7 nitrogen and oxygen atoms in total. The lowest BCUT2D eigenvalue weighted by molar-refractivity contribution is -0.137. The van der Waals surface area contributed by atoms with E-state index in [-0.39, 0.29) is 25.4 Å². The predicted molar refractivity (Wildman–Crippen MR) is 102 cm³/mol. The summed E-state index contributed by atoms with van der Waals surface area (Å²) < 4.78 is 48.4. The second kappa shape index (κ2) is 10.1. The van der Waals surface area contributed by atoms with Gasteiger partial charge in [0, 0.05) is 13.1 Å². The monoisotopic (exact) mass is 414 g/mol. The van der Waals surface area contributed by atoms with E-state index in [2.05, 4.69) is 20.6 Å². The van der Waals surface area contributed by atoms with E-state index in [0.717, 1.165) is 23.6 Å². The molecule has 2 rings (SSSR count). The number of oxazole rings is 1. The molecule has 0 radical (unpaired) electrons. The van der Waals surface area contributed by atoms with Gasteiger partial charge in [0.15, 0.2) is 5.96 Å². The molecule has 160 valence electrons. The normalized spacial score (nSPS) is 13.3. The molecule has 10 heteroatoms. The molecular weight excluding hydrogens is 389 g/mol. The van der Waals surface area contributed by atoms with E-state index in [4.69, 9.17) is 9.15 Å². The highest BCUT2D eigenvalue weighted by Crippen LogP contribution is 2.30. The van der Waals surface area contributed by atoms with Crippen molar-refractivity contribution in [2.24, 2.45) is 4.99 Å². The average molecular weight is 414 g/mol. The molecule has 0 spiro atoms. The van der Waals surface area contributed by atoms with Crippen LogP contribution >= 0.6 is 0 Å². The fourth-order valence-corrected chi connectivity index (χ4v) is 2.30. The Kier molecular flexibility index (Phi) is 7.89. The number of nitrogens with one attached hydrogen (secondary N) is 2. The summed E-state index contributed by atoms with van der Waals surface area (Å²) in [6.07, 6.45) is -5.29. The maximum atomic E-state index is 12.5. The van der Waals surface area contributed by atoms with Crippen molar-refractivity contribution in [3.05, 3.63) is 47.2 Å². The van der Waals surface area contributed by atoms with Crippen LogP contribution in [0.15, 0.2) is 33.7 Å². The van der Waals surface area contributed by atoms with Gasteiger partial charge < -0.3 is 24.9 Å². The summed E-state index contributed by atoms with van der Waals surface area (Å²) in [4.78, 5) is 8.59. The molecule has 0 fully saturated rings. The Hall–Kier alpha value is -2.75. The molecule has 1 unspecified atom stereocenters. The van der Waals surface area contributed by atoms with E-state index < -0.39 is 17.8 Å². The number of alkyl halides is 3. The summed E-state index contributed by atoms with van der Waals surface area (Å²) in [7, 11) is 0. The number of ether oxygens (including phenoxy) is 1. The van der Waals surface area contributed by atoms with Crippen molar-refractivity contribution in [2.75, 3.05) is 19.7 Å². The summed E-state index contributed by atoms with van der Waals surface area (Å²) in [5.74, 6) is 1.94. The Balaban J connectivity index is 1.81. The van der Waals surface area contributed by atoms with Crippen LogP contribution < -0.4 is 15.4 Å². The number of hydrogen-bond acceptors (Lipinski definition) is 5. The molecule has 0 saturated heterocycles. The number of guanidine groups is 1. The number of aryl methyl sites for hydroxylation is 2. The molecule has 1 aromatic carbocycles. The minimum Gasteiger partial charge on any atom is -0.491 e. The zero-order valence-electron chi connectivity index (χ0n) is 16.5. The molecule has 1 heterocycles. The topological polar surface area (TPSA) is 91.9 Å². The van der Waals surface area contributed by atoms with Gasteiger partial charge in [0.05, 0.1) is 11.3 Å². The fraction of sp³-hybridized carbons (Fsp3) is 0.474. The molecule has 0 aliphatic heterocycles. The first-order valence-corrected chi connectivity index (χ1v) is 9.12. The molecule has 0 saturated carbocycles. The number of aliphatic hydroxyl groups is 1. The molecule has 0 aliphatic rings. The first-order valence-electron chi connectivity index (χ1n) is 9.12. The maximum absolute atomic E-state index is 12.5. The smallest absolute Gasteiger partial charge is 0.416 e. The second-order valence-corrected chi connectivity index (χ2v) is 6.31. The number of nitrogens with zero attached hydrogens (tertiary/aromatic N) is 2. The van der Waals surface area contributed by atoms with Gasteiger partial charge in [-0.15, -0.1) is 0 Å². The quantitative estimate of drug-likeness (QED) is 0.455. The van der Waals surface area contributed by atoms with Crippen LogP contribution in [0.4, 0.5) is 13.2 Å². The summed E-state index contributed by atoms with van der Waals surface area (Å²) in [6, 6.07) is 4.30. The van der Waals surface area contributed by atoms with Crippen LogP contribution in [0.1, 0.15) is 29.8 Å². The lowest BCUT2D eigenvalue weighted by atomic mass is 10.2. The number of rotatable bonds is 8. The van der Waals surface area contributed by atoms with Gasteiger partial charge in [0.25, 0.3) is 0 Å². The number of aromatic nitrogens is 1. The van der Waals surface area contributed by atoms with Crippen LogP contribution in [0.3, 0.4) is 0 Å². The molecule has 1 aromatic heterocycles. The van der Waals surface area contributed by atoms with Crippen molar-refractivity contribution in [1.29, 1.82) is 0 Å². The standard InChI is InChI=1S/C19H25F3N4O3/c1-4-23-18(25-10-17-26-12(2)13(3)29-17)24-9-15(27)11-28-16-7-5-14(6-8-16)19(20,21)22/h5-8,15,27H,4,9-11H2,1-3H3,(H2,23,24,25). The molecule has 0 bridgehead atoms. The average Bonchev–Trinajstić information content (AvgIpc) is 2.99. The summed E-state index contributed by atoms with van der Waals surface area (Å²) >= 11 is 0. The highest BCUT2D eigenvalue weighted by Gasteiger charge is 2.30.